The molecule has 36 heavy (non-hydrogen) atoms. The van der Waals surface area contributed by atoms with Crippen molar-refractivity contribution in [3.63, 3.8) is 0 Å². The minimum Gasteiger partial charge on any atom is -0.488 e. The van der Waals surface area contributed by atoms with E-state index in [0.29, 0.717) is 24.5 Å². The van der Waals surface area contributed by atoms with Crippen LogP contribution in [0.2, 0.25) is 0 Å². The molecule has 2 heterocycles. The van der Waals surface area contributed by atoms with Crippen LogP contribution in [0.4, 0.5) is 5.13 Å². The van der Waals surface area contributed by atoms with Crippen molar-refractivity contribution in [3.8, 4) is 23.1 Å². The van der Waals surface area contributed by atoms with Crippen LogP contribution < -0.4 is 15.0 Å². The fourth-order valence-corrected chi connectivity index (χ4v) is 5.16. The molecule has 1 aliphatic rings. The van der Waals surface area contributed by atoms with E-state index >= 15 is 0 Å². The lowest BCUT2D eigenvalue weighted by Gasteiger charge is -2.29. The van der Waals surface area contributed by atoms with Crippen molar-refractivity contribution in [1.82, 2.24) is 10.3 Å². The number of hydrogen-bond acceptors (Lipinski definition) is 8. The maximum atomic E-state index is 11.1. The second-order valence-corrected chi connectivity index (χ2v) is 9.85. The minimum atomic E-state index is 0.150. The molecule has 1 aliphatic heterocycles. The fourth-order valence-electron chi connectivity index (χ4n) is 4.28. The molecule has 0 atom stereocenters. The first-order valence-corrected chi connectivity index (χ1v) is 13.1. The number of methoxy groups -OCH3 is 1. The average Bonchev–Trinajstić information content (AvgIpc) is 3.41. The van der Waals surface area contributed by atoms with Gasteiger partial charge in [-0.25, -0.2) is 4.98 Å². The van der Waals surface area contributed by atoms with Gasteiger partial charge < -0.3 is 24.5 Å². The van der Waals surface area contributed by atoms with Crippen LogP contribution in [0.1, 0.15) is 35.1 Å². The van der Waals surface area contributed by atoms with Crippen molar-refractivity contribution >= 4 is 22.8 Å². The predicted octanol–water partition coefficient (Wildman–Crippen LogP) is 4.72. The lowest BCUT2D eigenvalue weighted by atomic mass is 9.99. The van der Waals surface area contributed by atoms with E-state index < -0.39 is 0 Å². The number of carbonyl (C=O) groups is 1. The number of nitrogens with one attached hydrogen (secondary N) is 1. The molecule has 3 aromatic rings. The van der Waals surface area contributed by atoms with Crippen molar-refractivity contribution in [2.45, 2.75) is 32.9 Å². The summed E-state index contributed by atoms with van der Waals surface area (Å²) < 4.78 is 11.3. The smallest absolute Gasteiger partial charge is 0.185 e. The van der Waals surface area contributed by atoms with E-state index in [2.05, 4.69) is 41.4 Å². The molecule has 0 spiro atoms. The van der Waals surface area contributed by atoms with Crippen LogP contribution >= 0.6 is 11.3 Å². The van der Waals surface area contributed by atoms with Gasteiger partial charge in [-0.3, -0.25) is 0 Å². The number of rotatable bonds is 11. The number of carbonyl (C=O) groups excluding carboxylic acids is 1. The standard InChI is InChI=1S/C28H32N4O3S/c1-20-13-23(16-30-9-12-34-2)3-5-24(20)18-35-27-6-4-22(15-29)14-25(27)26-19-36-28(31-26)32-10-7-21(17-33)8-11-32/h3-6,13-14,17,19,21,30H,7-12,16,18H2,1-2H3. The van der Waals surface area contributed by atoms with Crippen LogP contribution in [-0.2, 0) is 22.7 Å². The summed E-state index contributed by atoms with van der Waals surface area (Å²) in [7, 11) is 1.70. The highest BCUT2D eigenvalue weighted by Crippen LogP contribution is 2.35. The molecule has 4 rings (SSSR count). The number of nitrogens with zero attached hydrogens (tertiary/aromatic N) is 3. The summed E-state index contributed by atoms with van der Waals surface area (Å²) in [6, 6.07) is 14.1. The van der Waals surface area contributed by atoms with Gasteiger partial charge in [-0.05, 0) is 54.7 Å². The SMILES string of the molecule is COCCNCc1ccc(COc2ccc(C#N)cc2-c2csc(N3CCC(C=O)CC3)n2)c(C)c1. The molecule has 0 radical (unpaired) electrons. The number of piperidine rings is 1. The van der Waals surface area contributed by atoms with E-state index in [0.717, 1.165) is 67.3 Å². The Hall–Kier alpha value is -3.25. The van der Waals surface area contributed by atoms with Gasteiger partial charge in [0.15, 0.2) is 5.13 Å². The second kappa shape index (κ2) is 12.6. The third-order valence-corrected chi connectivity index (χ3v) is 7.38. The molecule has 1 aromatic heterocycles. The lowest BCUT2D eigenvalue weighted by Crippen LogP contribution is -2.33. The summed E-state index contributed by atoms with van der Waals surface area (Å²) in [5, 5.41) is 15.8. The van der Waals surface area contributed by atoms with Crippen molar-refractivity contribution < 1.29 is 14.3 Å². The number of nitriles is 1. The zero-order valence-electron chi connectivity index (χ0n) is 20.8. The molecule has 1 fully saturated rings. The van der Waals surface area contributed by atoms with Crippen LogP contribution in [0.25, 0.3) is 11.3 Å². The van der Waals surface area contributed by atoms with Crippen LogP contribution in [0, 0.1) is 24.2 Å². The molecule has 0 saturated carbocycles. The van der Waals surface area contributed by atoms with Gasteiger partial charge in [0.25, 0.3) is 0 Å². The predicted molar refractivity (Wildman–Crippen MR) is 142 cm³/mol. The van der Waals surface area contributed by atoms with Crippen LogP contribution in [-0.4, -0.2) is 44.6 Å². The Balaban J connectivity index is 1.46. The minimum absolute atomic E-state index is 0.150. The maximum absolute atomic E-state index is 11.1. The van der Waals surface area contributed by atoms with Gasteiger partial charge in [0, 0.05) is 50.2 Å². The highest BCUT2D eigenvalue weighted by atomic mass is 32.1. The van der Waals surface area contributed by atoms with Gasteiger partial charge in [0.1, 0.15) is 18.6 Å². The number of aldehydes is 1. The number of thiazole rings is 1. The van der Waals surface area contributed by atoms with E-state index in [1.165, 1.54) is 11.1 Å². The Morgan fingerprint density at radius 3 is 2.81 bits per heavy atom. The van der Waals surface area contributed by atoms with Gasteiger partial charge in [0.2, 0.25) is 0 Å². The van der Waals surface area contributed by atoms with Crippen molar-refractivity contribution in [2.75, 3.05) is 38.3 Å². The number of benzene rings is 2. The summed E-state index contributed by atoms with van der Waals surface area (Å²) in [6.45, 7) is 6.48. The first-order valence-electron chi connectivity index (χ1n) is 12.2. The number of anilines is 1. The van der Waals surface area contributed by atoms with Gasteiger partial charge in [-0.1, -0.05) is 18.2 Å². The van der Waals surface area contributed by atoms with Gasteiger partial charge >= 0.3 is 0 Å². The summed E-state index contributed by atoms with van der Waals surface area (Å²) in [4.78, 5) is 18.2. The largest absolute Gasteiger partial charge is 0.488 e. The topological polar surface area (TPSA) is 87.5 Å². The summed E-state index contributed by atoms with van der Waals surface area (Å²) in [6.07, 6.45) is 2.78. The molecular formula is C28H32N4O3S. The average molecular weight is 505 g/mol. The molecule has 0 unspecified atom stereocenters. The van der Waals surface area contributed by atoms with Crippen LogP contribution in [0.3, 0.4) is 0 Å². The van der Waals surface area contributed by atoms with E-state index in [-0.39, 0.29) is 5.92 Å². The Morgan fingerprint density at radius 1 is 1.25 bits per heavy atom. The highest BCUT2D eigenvalue weighted by molar-refractivity contribution is 7.14. The Kier molecular flexibility index (Phi) is 9.06. The Morgan fingerprint density at radius 2 is 2.08 bits per heavy atom. The van der Waals surface area contributed by atoms with Gasteiger partial charge in [-0.2, -0.15) is 5.26 Å². The number of aromatic nitrogens is 1. The summed E-state index contributed by atoms with van der Waals surface area (Å²) >= 11 is 1.58. The normalized spacial score (nSPS) is 14.0. The van der Waals surface area contributed by atoms with E-state index in [4.69, 9.17) is 14.5 Å². The highest BCUT2D eigenvalue weighted by Gasteiger charge is 2.22. The molecular weight excluding hydrogens is 472 g/mol. The van der Waals surface area contributed by atoms with Crippen molar-refractivity contribution in [2.24, 2.45) is 5.92 Å². The molecule has 8 heteroatoms. The quantitative estimate of drug-likeness (QED) is 0.299. The van der Waals surface area contributed by atoms with E-state index in [9.17, 15) is 10.1 Å². The second-order valence-electron chi connectivity index (χ2n) is 9.02. The van der Waals surface area contributed by atoms with Crippen LogP contribution in [0.15, 0.2) is 41.8 Å². The van der Waals surface area contributed by atoms with E-state index in [1.807, 2.05) is 17.5 Å². The number of aryl methyl sites for hydroxylation is 1. The van der Waals surface area contributed by atoms with Crippen molar-refractivity contribution in [1.29, 1.82) is 5.26 Å². The molecule has 188 valence electrons. The maximum Gasteiger partial charge on any atom is 0.185 e. The Labute approximate surface area is 216 Å². The van der Waals surface area contributed by atoms with Gasteiger partial charge in [-0.15, -0.1) is 11.3 Å². The zero-order chi connectivity index (χ0) is 25.3. The number of ether oxygens (including phenoxy) is 2. The molecule has 0 aliphatic carbocycles. The van der Waals surface area contributed by atoms with E-state index in [1.54, 1.807) is 24.5 Å². The molecule has 1 saturated heterocycles. The molecule has 0 bridgehead atoms. The molecule has 1 N–H and O–H groups in total. The molecule has 2 aromatic carbocycles. The van der Waals surface area contributed by atoms with Gasteiger partial charge in [0.05, 0.1) is 23.9 Å². The zero-order valence-corrected chi connectivity index (χ0v) is 21.6. The third-order valence-electron chi connectivity index (χ3n) is 6.48. The Bertz CT molecular complexity index is 1210. The first-order chi connectivity index (χ1) is 17.6. The lowest BCUT2D eigenvalue weighted by molar-refractivity contribution is -0.111. The fraction of sp³-hybridized carbons (Fsp3) is 0.393. The van der Waals surface area contributed by atoms with Crippen LogP contribution in [0.5, 0.6) is 5.75 Å². The molecule has 7 nitrogen and oxygen atoms in total. The third kappa shape index (κ3) is 6.49. The summed E-state index contributed by atoms with van der Waals surface area (Å²) in [5.74, 6) is 0.854. The first kappa shape index (κ1) is 25.8. The monoisotopic (exact) mass is 504 g/mol. The van der Waals surface area contributed by atoms with Crippen molar-refractivity contribution in [3.05, 3.63) is 64.0 Å². The number of hydrogen-bond donors (Lipinski definition) is 1. The molecule has 0 amide bonds. The summed E-state index contributed by atoms with van der Waals surface area (Å²) in [5.41, 5.74) is 5.69.